The van der Waals surface area contributed by atoms with Crippen molar-refractivity contribution in [3.63, 3.8) is 0 Å². The Labute approximate surface area is 114 Å². The lowest BCUT2D eigenvalue weighted by Gasteiger charge is -2.07. The molecule has 2 rings (SSSR count). The molecule has 0 bridgehead atoms. The van der Waals surface area contributed by atoms with Crippen LogP contribution in [0.1, 0.15) is 5.56 Å². The van der Waals surface area contributed by atoms with Crippen molar-refractivity contribution in [1.29, 1.82) is 0 Å². The number of rotatable bonds is 4. The third-order valence-electron chi connectivity index (χ3n) is 2.59. The second-order valence-corrected chi connectivity index (χ2v) is 4.28. The van der Waals surface area contributed by atoms with E-state index in [4.69, 9.17) is 11.6 Å². The van der Waals surface area contributed by atoms with E-state index in [9.17, 15) is 14.5 Å². The molecule has 0 radical (unpaired) electrons. The molecule has 19 heavy (non-hydrogen) atoms. The van der Waals surface area contributed by atoms with Gasteiger partial charge in [0.2, 0.25) is 0 Å². The zero-order valence-electron chi connectivity index (χ0n) is 9.77. The molecule has 2 aromatic rings. The first kappa shape index (κ1) is 13.3. The van der Waals surface area contributed by atoms with E-state index in [1.807, 2.05) is 0 Å². The SMILES string of the molecule is O=[N+]([O-])c1ccc(NCc2cccc(Cl)c2F)cc1. The number of nitrogens with zero attached hydrogens (tertiary/aromatic N) is 1. The van der Waals surface area contributed by atoms with Crippen LogP contribution in [0.25, 0.3) is 0 Å². The van der Waals surface area contributed by atoms with Crippen molar-refractivity contribution in [1.82, 2.24) is 0 Å². The fraction of sp³-hybridized carbons (Fsp3) is 0.0769. The van der Waals surface area contributed by atoms with Gasteiger partial charge < -0.3 is 5.32 Å². The molecule has 0 atom stereocenters. The van der Waals surface area contributed by atoms with Crippen LogP contribution in [0.3, 0.4) is 0 Å². The van der Waals surface area contributed by atoms with E-state index in [0.29, 0.717) is 11.3 Å². The standard InChI is InChI=1S/C13H10ClFN2O2/c14-12-3-1-2-9(13(12)15)8-16-10-4-6-11(7-5-10)17(18)19/h1-7,16H,8H2. The lowest BCUT2D eigenvalue weighted by Crippen LogP contribution is -2.02. The van der Waals surface area contributed by atoms with E-state index >= 15 is 0 Å². The summed E-state index contributed by atoms with van der Waals surface area (Å²) < 4.78 is 13.6. The van der Waals surface area contributed by atoms with Crippen molar-refractivity contribution in [2.24, 2.45) is 0 Å². The molecule has 6 heteroatoms. The monoisotopic (exact) mass is 280 g/mol. The number of non-ortho nitro benzene ring substituents is 1. The van der Waals surface area contributed by atoms with Gasteiger partial charge in [-0.05, 0) is 18.2 Å². The third kappa shape index (κ3) is 3.20. The summed E-state index contributed by atoms with van der Waals surface area (Å²) in [4.78, 5) is 10.0. The highest BCUT2D eigenvalue weighted by Gasteiger charge is 2.07. The molecule has 0 saturated heterocycles. The summed E-state index contributed by atoms with van der Waals surface area (Å²) in [6, 6.07) is 10.7. The fourth-order valence-corrected chi connectivity index (χ4v) is 1.78. The smallest absolute Gasteiger partial charge is 0.269 e. The predicted octanol–water partition coefficient (Wildman–Crippen LogP) is 4.00. The number of halogens is 2. The Morgan fingerprint density at radius 1 is 1.21 bits per heavy atom. The lowest BCUT2D eigenvalue weighted by atomic mass is 10.2. The lowest BCUT2D eigenvalue weighted by molar-refractivity contribution is -0.384. The van der Waals surface area contributed by atoms with Crippen LogP contribution >= 0.6 is 11.6 Å². The van der Waals surface area contributed by atoms with E-state index < -0.39 is 10.7 Å². The first-order valence-electron chi connectivity index (χ1n) is 5.49. The molecule has 4 nitrogen and oxygen atoms in total. The molecule has 0 aliphatic carbocycles. The summed E-state index contributed by atoms with van der Waals surface area (Å²) in [6.07, 6.45) is 0. The van der Waals surface area contributed by atoms with E-state index in [1.165, 1.54) is 18.2 Å². The number of nitrogens with one attached hydrogen (secondary N) is 1. The van der Waals surface area contributed by atoms with Crippen LogP contribution in [0.15, 0.2) is 42.5 Å². The summed E-state index contributed by atoms with van der Waals surface area (Å²) in [5, 5.41) is 13.5. The van der Waals surface area contributed by atoms with Crippen molar-refractivity contribution in [3.05, 3.63) is 69.0 Å². The minimum absolute atomic E-state index is 0.0134. The number of benzene rings is 2. The Balaban J connectivity index is 2.06. The van der Waals surface area contributed by atoms with Crippen LogP contribution in [0, 0.1) is 15.9 Å². The van der Waals surface area contributed by atoms with Gasteiger partial charge in [-0.1, -0.05) is 23.7 Å². The van der Waals surface area contributed by atoms with Crippen molar-refractivity contribution < 1.29 is 9.31 Å². The molecule has 0 amide bonds. The highest BCUT2D eigenvalue weighted by Crippen LogP contribution is 2.20. The Morgan fingerprint density at radius 3 is 2.53 bits per heavy atom. The Kier molecular flexibility index (Phi) is 3.97. The zero-order chi connectivity index (χ0) is 13.8. The first-order chi connectivity index (χ1) is 9.08. The summed E-state index contributed by atoms with van der Waals surface area (Å²) in [7, 11) is 0. The minimum Gasteiger partial charge on any atom is -0.381 e. The van der Waals surface area contributed by atoms with E-state index in [0.717, 1.165) is 0 Å². The maximum Gasteiger partial charge on any atom is 0.269 e. The Morgan fingerprint density at radius 2 is 1.89 bits per heavy atom. The van der Waals surface area contributed by atoms with Crippen molar-refractivity contribution in [2.75, 3.05) is 5.32 Å². The third-order valence-corrected chi connectivity index (χ3v) is 2.88. The maximum atomic E-state index is 13.6. The maximum absolute atomic E-state index is 13.6. The molecule has 0 spiro atoms. The molecule has 0 fully saturated rings. The molecule has 0 saturated carbocycles. The minimum atomic E-state index is -0.472. The number of nitro benzene ring substituents is 1. The van der Waals surface area contributed by atoms with Gasteiger partial charge in [0.25, 0.3) is 5.69 Å². The molecule has 1 N–H and O–H groups in total. The fourth-order valence-electron chi connectivity index (χ4n) is 1.58. The second-order valence-electron chi connectivity index (χ2n) is 3.87. The Bertz CT molecular complexity index is 602. The first-order valence-corrected chi connectivity index (χ1v) is 5.87. The molecule has 2 aromatic carbocycles. The molecule has 0 unspecified atom stereocenters. The molecule has 0 aromatic heterocycles. The van der Waals surface area contributed by atoms with Gasteiger partial charge in [-0.15, -0.1) is 0 Å². The van der Waals surface area contributed by atoms with Gasteiger partial charge in [0, 0.05) is 29.9 Å². The average Bonchev–Trinajstić information content (AvgIpc) is 2.41. The summed E-state index contributed by atoms with van der Waals surface area (Å²) in [5.74, 6) is -0.460. The number of hydrogen-bond acceptors (Lipinski definition) is 3. The van der Waals surface area contributed by atoms with Crippen molar-refractivity contribution in [2.45, 2.75) is 6.54 Å². The van der Waals surface area contributed by atoms with Crippen LogP contribution in [-0.4, -0.2) is 4.92 Å². The molecular formula is C13H10ClFN2O2. The van der Waals surface area contributed by atoms with E-state index in [2.05, 4.69) is 5.32 Å². The quantitative estimate of drug-likeness (QED) is 0.680. The number of nitro groups is 1. The van der Waals surface area contributed by atoms with Gasteiger partial charge in [0.15, 0.2) is 0 Å². The summed E-state index contributed by atoms with van der Waals surface area (Å²) >= 11 is 5.67. The van der Waals surface area contributed by atoms with Crippen molar-refractivity contribution >= 4 is 23.0 Å². The second kappa shape index (κ2) is 5.67. The van der Waals surface area contributed by atoms with Gasteiger partial charge in [-0.3, -0.25) is 10.1 Å². The molecule has 0 aliphatic heterocycles. The predicted molar refractivity (Wildman–Crippen MR) is 71.8 cm³/mol. The highest BCUT2D eigenvalue weighted by molar-refractivity contribution is 6.30. The van der Waals surface area contributed by atoms with E-state index in [1.54, 1.807) is 24.3 Å². The van der Waals surface area contributed by atoms with Crippen LogP contribution in [0.2, 0.25) is 5.02 Å². The molecular weight excluding hydrogens is 271 g/mol. The topological polar surface area (TPSA) is 55.2 Å². The number of hydrogen-bond donors (Lipinski definition) is 1. The van der Waals surface area contributed by atoms with Crippen LogP contribution in [0.4, 0.5) is 15.8 Å². The van der Waals surface area contributed by atoms with Gasteiger partial charge in [0.05, 0.1) is 9.95 Å². The summed E-state index contributed by atoms with van der Waals surface area (Å²) in [5.41, 5.74) is 1.12. The normalized spacial score (nSPS) is 10.2. The van der Waals surface area contributed by atoms with Gasteiger partial charge in [0.1, 0.15) is 5.82 Å². The summed E-state index contributed by atoms with van der Waals surface area (Å²) in [6.45, 7) is 0.254. The van der Waals surface area contributed by atoms with Crippen LogP contribution < -0.4 is 5.32 Å². The van der Waals surface area contributed by atoms with Crippen molar-refractivity contribution in [3.8, 4) is 0 Å². The molecule has 0 heterocycles. The highest BCUT2D eigenvalue weighted by atomic mass is 35.5. The van der Waals surface area contributed by atoms with Gasteiger partial charge in [-0.25, -0.2) is 4.39 Å². The van der Waals surface area contributed by atoms with Gasteiger partial charge >= 0.3 is 0 Å². The number of anilines is 1. The molecule has 98 valence electrons. The Hall–Kier alpha value is -2.14. The molecule has 0 aliphatic rings. The van der Waals surface area contributed by atoms with Gasteiger partial charge in [-0.2, -0.15) is 0 Å². The largest absolute Gasteiger partial charge is 0.381 e. The van der Waals surface area contributed by atoms with Crippen LogP contribution in [0.5, 0.6) is 0 Å². The zero-order valence-corrected chi connectivity index (χ0v) is 10.5. The van der Waals surface area contributed by atoms with E-state index in [-0.39, 0.29) is 17.3 Å². The average molecular weight is 281 g/mol. The van der Waals surface area contributed by atoms with Crippen LogP contribution in [-0.2, 0) is 6.54 Å².